The summed E-state index contributed by atoms with van der Waals surface area (Å²) in [5, 5.41) is 13.1. The summed E-state index contributed by atoms with van der Waals surface area (Å²) in [6.45, 7) is 9.26. The van der Waals surface area contributed by atoms with Gasteiger partial charge in [-0.15, -0.1) is 0 Å². The number of carboxylic acids is 1. The van der Waals surface area contributed by atoms with Gasteiger partial charge < -0.3 is 25.0 Å². The van der Waals surface area contributed by atoms with Gasteiger partial charge >= 0.3 is 12.1 Å². The maximum atomic E-state index is 13.7. The molecule has 212 valence electrons. The lowest BCUT2D eigenvalue weighted by atomic mass is 10.0. The first-order valence-corrected chi connectivity index (χ1v) is 13.3. The highest BCUT2D eigenvalue weighted by molar-refractivity contribution is 6.31. The van der Waals surface area contributed by atoms with E-state index in [1.165, 1.54) is 6.07 Å². The Morgan fingerprint density at radius 3 is 2.33 bits per heavy atom. The third-order valence-corrected chi connectivity index (χ3v) is 6.87. The third-order valence-electron chi connectivity index (χ3n) is 6.65. The Morgan fingerprint density at radius 1 is 1.07 bits per heavy atom. The highest BCUT2D eigenvalue weighted by Crippen LogP contribution is 2.26. The summed E-state index contributed by atoms with van der Waals surface area (Å²) in [5.41, 5.74) is 1.09. The van der Waals surface area contributed by atoms with Crippen molar-refractivity contribution in [3.63, 3.8) is 0 Å². The summed E-state index contributed by atoms with van der Waals surface area (Å²) in [6, 6.07) is 11.6. The standard InChI is InChI=1S/C29H33ClN4O6/c1-17-5-7-18(8-6-17)24(33-9-11-34(12-10-33)28(39)40-29(2,3)4)26(36)31-16-20-14-21(30)13-19-15-22(27(37)38)25(35)32-23(19)20/h5-8,13-15,24H,9-12,16H2,1-4H3,(H,31,36)(H,32,35)(H,37,38). The minimum Gasteiger partial charge on any atom is -0.477 e. The fourth-order valence-electron chi connectivity index (χ4n) is 4.70. The molecule has 0 spiro atoms. The Bertz CT molecular complexity index is 1490. The Morgan fingerprint density at radius 2 is 1.73 bits per heavy atom. The van der Waals surface area contributed by atoms with Crippen LogP contribution in [0.15, 0.2) is 47.3 Å². The first kappa shape index (κ1) is 29.1. The van der Waals surface area contributed by atoms with Crippen molar-refractivity contribution in [2.24, 2.45) is 0 Å². The van der Waals surface area contributed by atoms with Gasteiger partial charge in [-0.3, -0.25) is 14.5 Å². The largest absolute Gasteiger partial charge is 0.477 e. The Labute approximate surface area is 236 Å². The first-order chi connectivity index (χ1) is 18.8. The number of nitrogens with one attached hydrogen (secondary N) is 2. The monoisotopic (exact) mass is 568 g/mol. The van der Waals surface area contributed by atoms with Gasteiger partial charge in [-0.2, -0.15) is 0 Å². The van der Waals surface area contributed by atoms with Gasteiger partial charge in [0, 0.05) is 43.1 Å². The first-order valence-electron chi connectivity index (χ1n) is 13.0. The number of benzene rings is 2. The number of carbonyl (C=O) groups is 3. The van der Waals surface area contributed by atoms with Crippen LogP contribution in [0.25, 0.3) is 10.9 Å². The van der Waals surface area contributed by atoms with Gasteiger partial charge in [-0.25, -0.2) is 9.59 Å². The summed E-state index contributed by atoms with van der Waals surface area (Å²) in [4.78, 5) is 56.3. The van der Waals surface area contributed by atoms with Crippen LogP contribution in [-0.4, -0.2) is 69.6 Å². The number of hydrogen-bond donors (Lipinski definition) is 3. The van der Waals surface area contributed by atoms with E-state index >= 15 is 0 Å². The SMILES string of the molecule is Cc1ccc(C(C(=O)NCc2cc(Cl)cc3cc(C(=O)O)c(=O)[nH]c23)N2CCN(C(=O)OC(C)(C)C)CC2)cc1. The number of aryl methyl sites for hydroxylation is 1. The minimum atomic E-state index is -1.34. The predicted molar refractivity (Wildman–Crippen MR) is 152 cm³/mol. The van der Waals surface area contributed by atoms with Crippen LogP contribution in [-0.2, 0) is 16.1 Å². The number of amides is 2. The molecule has 2 aromatic carbocycles. The second-order valence-corrected chi connectivity index (χ2v) is 11.3. The zero-order valence-corrected chi connectivity index (χ0v) is 23.7. The van der Waals surface area contributed by atoms with E-state index in [2.05, 4.69) is 10.3 Å². The number of fused-ring (bicyclic) bond motifs is 1. The second kappa shape index (κ2) is 11.7. The number of carbonyl (C=O) groups excluding carboxylic acids is 2. The number of rotatable bonds is 6. The molecule has 1 fully saturated rings. The number of hydrogen-bond acceptors (Lipinski definition) is 6. The second-order valence-electron chi connectivity index (χ2n) is 10.9. The fourth-order valence-corrected chi connectivity index (χ4v) is 4.95. The van der Waals surface area contributed by atoms with Crippen LogP contribution in [0, 0.1) is 6.92 Å². The Balaban J connectivity index is 1.56. The molecule has 1 aliphatic rings. The van der Waals surface area contributed by atoms with Crippen molar-refractivity contribution in [2.45, 2.75) is 45.9 Å². The quantitative estimate of drug-likeness (QED) is 0.408. The van der Waals surface area contributed by atoms with E-state index in [9.17, 15) is 24.3 Å². The summed E-state index contributed by atoms with van der Waals surface area (Å²) >= 11 is 6.28. The molecule has 2 heterocycles. The van der Waals surface area contributed by atoms with Crippen molar-refractivity contribution in [3.8, 4) is 0 Å². The van der Waals surface area contributed by atoms with Gasteiger partial charge in [0.2, 0.25) is 5.91 Å². The number of nitrogens with zero attached hydrogens (tertiary/aromatic N) is 2. The normalized spacial score (nSPS) is 15.1. The predicted octanol–water partition coefficient (Wildman–Crippen LogP) is 4.10. The maximum absolute atomic E-state index is 13.7. The molecule has 3 N–H and O–H groups in total. The van der Waals surface area contributed by atoms with E-state index in [0.29, 0.717) is 47.7 Å². The van der Waals surface area contributed by atoms with Crippen LogP contribution in [0.3, 0.4) is 0 Å². The average Bonchev–Trinajstić information content (AvgIpc) is 2.87. The zero-order chi connectivity index (χ0) is 29.2. The van der Waals surface area contributed by atoms with Gasteiger partial charge in [-0.1, -0.05) is 41.4 Å². The van der Waals surface area contributed by atoms with Crippen LogP contribution < -0.4 is 10.9 Å². The van der Waals surface area contributed by atoms with E-state index in [1.54, 1.807) is 17.0 Å². The molecule has 0 aliphatic carbocycles. The molecule has 1 saturated heterocycles. The molecule has 3 aromatic rings. The van der Waals surface area contributed by atoms with Crippen molar-refractivity contribution in [1.29, 1.82) is 0 Å². The average molecular weight is 569 g/mol. The fraction of sp³-hybridized carbons (Fsp3) is 0.379. The van der Waals surface area contributed by atoms with Crippen LogP contribution in [0.2, 0.25) is 5.02 Å². The molecule has 4 rings (SSSR count). The molecular formula is C29H33ClN4O6. The molecule has 1 aliphatic heterocycles. The van der Waals surface area contributed by atoms with Crippen molar-refractivity contribution >= 4 is 40.5 Å². The van der Waals surface area contributed by atoms with Gasteiger partial charge in [0.15, 0.2) is 0 Å². The summed E-state index contributed by atoms with van der Waals surface area (Å²) in [7, 11) is 0. The molecule has 2 amide bonds. The van der Waals surface area contributed by atoms with Gasteiger partial charge in [-0.05, 0) is 57.0 Å². The molecule has 1 unspecified atom stereocenters. The molecule has 40 heavy (non-hydrogen) atoms. The van der Waals surface area contributed by atoms with Gasteiger partial charge in [0.05, 0.1) is 5.52 Å². The van der Waals surface area contributed by atoms with Crippen molar-refractivity contribution < 1.29 is 24.2 Å². The van der Waals surface area contributed by atoms with E-state index in [0.717, 1.165) is 11.1 Å². The molecule has 1 atom stereocenters. The number of aromatic carboxylic acids is 1. The van der Waals surface area contributed by atoms with Crippen molar-refractivity contribution in [3.05, 3.63) is 80.1 Å². The lowest BCUT2D eigenvalue weighted by Crippen LogP contribution is -2.53. The number of pyridine rings is 1. The summed E-state index contributed by atoms with van der Waals surface area (Å²) < 4.78 is 5.50. The number of aromatic amines is 1. The molecule has 0 bridgehead atoms. The van der Waals surface area contributed by atoms with Gasteiger partial charge in [0.25, 0.3) is 5.56 Å². The van der Waals surface area contributed by atoms with Crippen LogP contribution in [0.4, 0.5) is 4.79 Å². The van der Waals surface area contributed by atoms with E-state index in [-0.39, 0.29) is 18.5 Å². The lowest BCUT2D eigenvalue weighted by molar-refractivity contribution is -0.127. The highest BCUT2D eigenvalue weighted by Gasteiger charge is 2.33. The van der Waals surface area contributed by atoms with Crippen molar-refractivity contribution in [1.82, 2.24) is 20.1 Å². The Kier molecular flexibility index (Phi) is 8.51. The topological polar surface area (TPSA) is 132 Å². The smallest absolute Gasteiger partial charge is 0.410 e. The van der Waals surface area contributed by atoms with Crippen LogP contribution in [0.1, 0.15) is 53.9 Å². The van der Waals surface area contributed by atoms with Crippen LogP contribution >= 0.6 is 11.6 Å². The zero-order valence-electron chi connectivity index (χ0n) is 22.9. The Hall–Kier alpha value is -3.89. The van der Waals surface area contributed by atoms with Gasteiger partial charge in [0.1, 0.15) is 17.2 Å². The maximum Gasteiger partial charge on any atom is 0.410 e. The number of aromatic nitrogens is 1. The molecule has 1 aromatic heterocycles. The third kappa shape index (κ3) is 6.81. The molecular weight excluding hydrogens is 536 g/mol. The van der Waals surface area contributed by atoms with Crippen molar-refractivity contribution in [2.75, 3.05) is 26.2 Å². The van der Waals surface area contributed by atoms with E-state index < -0.39 is 28.7 Å². The van der Waals surface area contributed by atoms with E-state index in [4.69, 9.17) is 16.3 Å². The number of H-pyrrole nitrogens is 1. The minimum absolute atomic E-state index is 0.0541. The number of halogens is 1. The molecule has 11 heteroatoms. The number of piperazine rings is 1. The number of carboxylic acid groups (broad SMARTS) is 1. The molecule has 0 radical (unpaired) electrons. The highest BCUT2D eigenvalue weighted by atomic mass is 35.5. The van der Waals surface area contributed by atoms with Crippen LogP contribution in [0.5, 0.6) is 0 Å². The lowest BCUT2D eigenvalue weighted by Gasteiger charge is -2.39. The van der Waals surface area contributed by atoms with E-state index in [1.807, 2.05) is 56.9 Å². The summed E-state index contributed by atoms with van der Waals surface area (Å²) in [5.74, 6) is -1.60. The number of ether oxygens (including phenoxy) is 1. The molecule has 10 nitrogen and oxygen atoms in total. The molecule has 0 saturated carbocycles. The summed E-state index contributed by atoms with van der Waals surface area (Å²) in [6.07, 6.45) is -0.378.